The molecule has 1 aliphatic heterocycles. The van der Waals surface area contributed by atoms with Crippen molar-refractivity contribution >= 4 is 17.4 Å². The van der Waals surface area contributed by atoms with Crippen molar-refractivity contribution < 1.29 is 14.3 Å². The van der Waals surface area contributed by atoms with Gasteiger partial charge in [0, 0.05) is 18.1 Å². The van der Waals surface area contributed by atoms with Crippen LogP contribution in [0.1, 0.15) is 22.2 Å². The summed E-state index contributed by atoms with van der Waals surface area (Å²) in [6.45, 7) is 0.488. The first-order valence-electron chi connectivity index (χ1n) is 8.78. The molecule has 0 radical (unpaired) electrons. The van der Waals surface area contributed by atoms with Gasteiger partial charge in [-0.05, 0) is 29.7 Å². The van der Waals surface area contributed by atoms with Gasteiger partial charge in [0.25, 0.3) is 0 Å². The van der Waals surface area contributed by atoms with E-state index in [1.54, 1.807) is 18.2 Å². The molecule has 2 heterocycles. The van der Waals surface area contributed by atoms with E-state index < -0.39 is 0 Å². The highest BCUT2D eigenvalue weighted by Gasteiger charge is 2.43. The lowest BCUT2D eigenvalue weighted by Gasteiger charge is -2.24. The quantitative estimate of drug-likeness (QED) is 0.634. The van der Waals surface area contributed by atoms with Crippen molar-refractivity contribution in [3.8, 4) is 5.75 Å². The van der Waals surface area contributed by atoms with E-state index >= 15 is 0 Å². The zero-order chi connectivity index (χ0) is 18.6. The Morgan fingerprint density at radius 3 is 2.56 bits per heavy atom. The molecular formula is C21H20N2O3S. The fraction of sp³-hybridized carbons (Fsp3) is 0.238. The standard InChI is InChI=1S/C21H20N2O3S/c1-25-17-9-7-16(8-10-17)14-23-18(13-15-5-3-2-4-6-15)19(26-21(23)24)20-22-11-12-27-20/h2-12,18-19H,13-14H2,1H3/t18-,19-/m0/s1. The predicted molar refractivity (Wildman–Crippen MR) is 104 cm³/mol. The largest absolute Gasteiger partial charge is 0.497 e. The first kappa shape index (κ1) is 17.5. The zero-order valence-electron chi connectivity index (χ0n) is 14.9. The van der Waals surface area contributed by atoms with Crippen molar-refractivity contribution in [2.24, 2.45) is 0 Å². The van der Waals surface area contributed by atoms with Gasteiger partial charge in [-0.15, -0.1) is 11.3 Å². The fourth-order valence-corrected chi connectivity index (χ4v) is 4.05. The number of cyclic esters (lactones) is 1. The van der Waals surface area contributed by atoms with Gasteiger partial charge < -0.3 is 9.47 Å². The van der Waals surface area contributed by atoms with Crippen LogP contribution in [-0.4, -0.2) is 29.1 Å². The Bertz CT molecular complexity index is 882. The summed E-state index contributed by atoms with van der Waals surface area (Å²) >= 11 is 1.52. The lowest BCUT2D eigenvalue weighted by molar-refractivity contribution is 0.129. The summed E-state index contributed by atoms with van der Waals surface area (Å²) in [5.74, 6) is 0.796. The van der Waals surface area contributed by atoms with E-state index in [1.807, 2.05) is 47.8 Å². The van der Waals surface area contributed by atoms with Gasteiger partial charge in [-0.3, -0.25) is 4.90 Å². The molecule has 0 saturated carbocycles. The Hall–Kier alpha value is -2.86. The predicted octanol–water partition coefficient (Wildman–Crippen LogP) is 4.46. The molecule has 1 fully saturated rings. The minimum Gasteiger partial charge on any atom is -0.497 e. The third-order valence-corrected chi connectivity index (χ3v) is 5.54. The second-order valence-electron chi connectivity index (χ2n) is 6.41. The van der Waals surface area contributed by atoms with E-state index in [0.717, 1.165) is 16.3 Å². The zero-order valence-corrected chi connectivity index (χ0v) is 15.8. The van der Waals surface area contributed by atoms with Crippen LogP contribution in [0.2, 0.25) is 0 Å². The van der Waals surface area contributed by atoms with Gasteiger partial charge in [0.2, 0.25) is 0 Å². The molecule has 4 rings (SSSR count). The topological polar surface area (TPSA) is 51.7 Å². The second-order valence-corrected chi connectivity index (χ2v) is 7.33. The second kappa shape index (κ2) is 7.80. The van der Waals surface area contributed by atoms with Crippen molar-refractivity contribution in [2.45, 2.75) is 25.1 Å². The number of aromatic nitrogens is 1. The summed E-state index contributed by atoms with van der Waals surface area (Å²) in [6, 6.07) is 17.8. The summed E-state index contributed by atoms with van der Waals surface area (Å²) in [4.78, 5) is 18.9. The molecule has 1 aliphatic rings. The molecule has 2 aromatic carbocycles. The molecule has 1 saturated heterocycles. The van der Waals surface area contributed by atoms with Crippen molar-refractivity contribution in [2.75, 3.05) is 7.11 Å². The highest BCUT2D eigenvalue weighted by Crippen LogP contribution is 2.36. The number of hydrogen-bond acceptors (Lipinski definition) is 5. The number of benzene rings is 2. The number of methoxy groups -OCH3 is 1. The molecule has 0 aliphatic carbocycles. The number of rotatable bonds is 6. The number of carbonyl (C=O) groups excluding carboxylic acids is 1. The van der Waals surface area contributed by atoms with E-state index in [0.29, 0.717) is 13.0 Å². The van der Waals surface area contributed by atoms with Gasteiger partial charge in [0.05, 0.1) is 13.2 Å². The number of hydrogen-bond donors (Lipinski definition) is 0. The highest BCUT2D eigenvalue weighted by atomic mass is 32.1. The van der Waals surface area contributed by atoms with Crippen molar-refractivity contribution in [1.82, 2.24) is 9.88 Å². The van der Waals surface area contributed by atoms with E-state index in [2.05, 4.69) is 17.1 Å². The lowest BCUT2D eigenvalue weighted by Crippen LogP contribution is -2.35. The van der Waals surface area contributed by atoms with Crippen molar-refractivity contribution in [1.29, 1.82) is 0 Å². The average molecular weight is 380 g/mol. The molecular weight excluding hydrogens is 360 g/mol. The first-order valence-corrected chi connectivity index (χ1v) is 9.66. The van der Waals surface area contributed by atoms with Crippen LogP contribution in [0.25, 0.3) is 0 Å². The maximum Gasteiger partial charge on any atom is 0.411 e. The number of ether oxygens (including phenoxy) is 2. The smallest absolute Gasteiger partial charge is 0.411 e. The summed E-state index contributed by atoms with van der Waals surface area (Å²) in [6.07, 6.45) is 1.81. The molecule has 2 atom stereocenters. The Kier molecular flexibility index (Phi) is 5.07. The van der Waals surface area contributed by atoms with E-state index in [9.17, 15) is 4.79 Å². The van der Waals surface area contributed by atoms with Crippen LogP contribution in [0.5, 0.6) is 5.75 Å². The highest BCUT2D eigenvalue weighted by molar-refractivity contribution is 7.09. The lowest BCUT2D eigenvalue weighted by atomic mass is 10.0. The van der Waals surface area contributed by atoms with Gasteiger partial charge in [0.1, 0.15) is 10.8 Å². The van der Waals surface area contributed by atoms with Crippen LogP contribution in [0.3, 0.4) is 0 Å². The molecule has 5 nitrogen and oxygen atoms in total. The van der Waals surface area contributed by atoms with Gasteiger partial charge in [-0.25, -0.2) is 9.78 Å². The fourth-order valence-electron chi connectivity index (χ4n) is 3.33. The third kappa shape index (κ3) is 3.80. The van der Waals surface area contributed by atoms with E-state index in [-0.39, 0.29) is 18.2 Å². The average Bonchev–Trinajstić information content (AvgIpc) is 3.33. The summed E-state index contributed by atoms with van der Waals surface area (Å²) < 4.78 is 10.9. The molecule has 27 heavy (non-hydrogen) atoms. The molecule has 6 heteroatoms. The Labute approximate surface area is 162 Å². The minimum atomic E-state index is -0.351. The van der Waals surface area contributed by atoms with Gasteiger partial charge in [-0.2, -0.15) is 0 Å². The number of amides is 1. The third-order valence-electron chi connectivity index (χ3n) is 4.71. The van der Waals surface area contributed by atoms with Crippen LogP contribution in [0.4, 0.5) is 4.79 Å². The Morgan fingerprint density at radius 2 is 1.89 bits per heavy atom. The van der Waals surface area contributed by atoms with Crippen molar-refractivity contribution in [3.05, 3.63) is 82.3 Å². The summed E-state index contributed by atoms with van der Waals surface area (Å²) in [5, 5.41) is 2.75. The van der Waals surface area contributed by atoms with E-state index in [4.69, 9.17) is 9.47 Å². The molecule has 0 N–H and O–H groups in total. The molecule has 138 valence electrons. The van der Waals surface area contributed by atoms with Crippen LogP contribution in [-0.2, 0) is 17.7 Å². The monoisotopic (exact) mass is 380 g/mol. The molecule has 0 spiro atoms. The number of nitrogens with zero attached hydrogens (tertiary/aromatic N) is 2. The molecule has 0 unspecified atom stereocenters. The summed E-state index contributed by atoms with van der Waals surface area (Å²) in [7, 11) is 1.64. The maximum absolute atomic E-state index is 12.7. The van der Waals surface area contributed by atoms with Crippen LogP contribution < -0.4 is 4.74 Å². The molecule has 0 bridgehead atoms. The first-order chi connectivity index (χ1) is 13.2. The minimum absolute atomic E-state index is 0.104. The molecule has 3 aromatic rings. The Morgan fingerprint density at radius 1 is 1.11 bits per heavy atom. The Balaban J connectivity index is 1.61. The van der Waals surface area contributed by atoms with Crippen LogP contribution in [0, 0.1) is 0 Å². The van der Waals surface area contributed by atoms with Gasteiger partial charge in [0.15, 0.2) is 6.10 Å². The number of thiazole rings is 1. The summed E-state index contributed by atoms with van der Waals surface area (Å²) in [5.41, 5.74) is 2.20. The van der Waals surface area contributed by atoms with Crippen LogP contribution >= 0.6 is 11.3 Å². The SMILES string of the molecule is COc1ccc(CN2C(=O)O[C@H](c3nccs3)[C@@H]2Cc2ccccc2)cc1. The normalized spacial score (nSPS) is 19.1. The maximum atomic E-state index is 12.7. The molecule has 1 amide bonds. The number of carbonyl (C=O) groups is 1. The van der Waals surface area contributed by atoms with Crippen molar-refractivity contribution in [3.63, 3.8) is 0 Å². The van der Waals surface area contributed by atoms with E-state index in [1.165, 1.54) is 16.9 Å². The van der Waals surface area contributed by atoms with Gasteiger partial charge >= 0.3 is 6.09 Å². The van der Waals surface area contributed by atoms with Crippen LogP contribution in [0.15, 0.2) is 66.2 Å². The molecule has 1 aromatic heterocycles. The van der Waals surface area contributed by atoms with Gasteiger partial charge in [-0.1, -0.05) is 42.5 Å².